The van der Waals surface area contributed by atoms with Crippen LogP contribution in [0, 0.1) is 0 Å². The standard InChI is InChI=1S/C47H91NO9/c1-3-5-7-9-11-13-15-16-17-18-19-20-21-22-23-24-26-28-30-32-34-36-41(51)46(55)48-39(38-56-47-45(54)44(53)43(52)42(37-49)57-47)40(50)35-33-31-29-27-25-14-12-10-8-6-4-2/h33,35,39-45,47,49-54H,3-32,34,36-38H2,1-2H3,(H,48,55)/b35-33+. The summed E-state index contributed by atoms with van der Waals surface area (Å²) in [4.78, 5) is 13.0. The van der Waals surface area contributed by atoms with E-state index in [0.29, 0.717) is 6.42 Å². The predicted molar refractivity (Wildman–Crippen MR) is 232 cm³/mol. The van der Waals surface area contributed by atoms with Gasteiger partial charge in [-0.3, -0.25) is 4.79 Å². The first-order valence-corrected chi connectivity index (χ1v) is 24.0. The van der Waals surface area contributed by atoms with E-state index in [9.17, 15) is 35.4 Å². The molecule has 0 aromatic carbocycles. The van der Waals surface area contributed by atoms with Gasteiger partial charge in [0.1, 0.15) is 30.5 Å². The van der Waals surface area contributed by atoms with Crippen molar-refractivity contribution in [3.63, 3.8) is 0 Å². The van der Waals surface area contributed by atoms with Crippen molar-refractivity contribution < 1.29 is 44.9 Å². The first-order valence-electron chi connectivity index (χ1n) is 24.0. The number of carbonyl (C=O) groups excluding carboxylic acids is 1. The van der Waals surface area contributed by atoms with Gasteiger partial charge in [-0.15, -0.1) is 0 Å². The molecule has 0 aromatic heterocycles. The molecule has 0 aromatic rings. The minimum Gasteiger partial charge on any atom is -0.394 e. The Bertz CT molecular complexity index is 921. The first-order chi connectivity index (χ1) is 27.8. The summed E-state index contributed by atoms with van der Waals surface area (Å²) < 4.78 is 11.1. The smallest absolute Gasteiger partial charge is 0.249 e. The number of rotatable bonds is 40. The number of amides is 1. The second-order valence-corrected chi connectivity index (χ2v) is 17.1. The molecule has 8 atom stereocenters. The van der Waals surface area contributed by atoms with E-state index in [2.05, 4.69) is 19.2 Å². The Kier molecular flexibility index (Phi) is 35.8. The van der Waals surface area contributed by atoms with Crippen molar-refractivity contribution in [3.8, 4) is 0 Å². The molecule has 0 aliphatic carbocycles. The molecule has 1 rings (SSSR count). The van der Waals surface area contributed by atoms with Crippen LogP contribution in [0.5, 0.6) is 0 Å². The van der Waals surface area contributed by atoms with Crippen LogP contribution in [0.2, 0.25) is 0 Å². The SMILES string of the molecule is CCCCCCCCCCC/C=C/C(O)C(COC1OC(CO)C(O)C(O)C1O)NC(=O)C(O)CCCCCCCCCCCCCCCCCCCCCCC. The molecule has 1 fully saturated rings. The van der Waals surface area contributed by atoms with Crippen LogP contribution in [0.15, 0.2) is 12.2 Å². The molecular weight excluding hydrogens is 723 g/mol. The Labute approximate surface area is 349 Å². The number of allylic oxidation sites excluding steroid dienone is 1. The molecule has 0 saturated carbocycles. The molecule has 1 amide bonds. The largest absolute Gasteiger partial charge is 0.394 e. The van der Waals surface area contributed by atoms with Gasteiger partial charge in [0.05, 0.1) is 25.4 Å². The average Bonchev–Trinajstić information content (AvgIpc) is 3.21. The zero-order valence-electron chi connectivity index (χ0n) is 36.7. The van der Waals surface area contributed by atoms with Crippen LogP contribution in [0.4, 0.5) is 0 Å². The lowest BCUT2D eigenvalue weighted by Gasteiger charge is -2.40. The van der Waals surface area contributed by atoms with E-state index >= 15 is 0 Å². The van der Waals surface area contributed by atoms with Crippen LogP contribution in [-0.4, -0.2) is 98.7 Å². The summed E-state index contributed by atoms with van der Waals surface area (Å²) in [5.41, 5.74) is 0. The zero-order valence-corrected chi connectivity index (χ0v) is 36.7. The van der Waals surface area contributed by atoms with Crippen molar-refractivity contribution in [2.24, 2.45) is 0 Å². The number of aliphatic hydroxyl groups excluding tert-OH is 6. The predicted octanol–water partition coefficient (Wildman–Crippen LogP) is 9.09. The monoisotopic (exact) mass is 814 g/mol. The van der Waals surface area contributed by atoms with Gasteiger partial charge in [0.25, 0.3) is 0 Å². The molecule has 8 unspecified atom stereocenters. The highest BCUT2D eigenvalue weighted by atomic mass is 16.7. The highest BCUT2D eigenvalue weighted by Crippen LogP contribution is 2.23. The topological polar surface area (TPSA) is 169 Å². The lowest BCUT2D eigenvalue weighted by Crippen LogP contribution is -2.60. The van der Waals surface area contributed by atoms with Crippen LogP contribution >= 0.6 is 0 Å². The van der Waals surface area contributed by atoms with Gasteiger partial charge in [0.2, 0.25) is 5.91 Å². The number of hydrogen-bond acceptors (Lipinski definition) is 9. The summed E-state index contributed by atoms with van der Waals surface area (Å²) in [7, 11) is 0. The molecule has 10 nitrogen and oxygen atoms in total. The van der Waals surface area contributed by atoms with Gasteiger partial charge in [-0.2, -0.15) is 0 Å². The molecule has 10 heteroatoms. The molecule has 1 heterocycles. The van der Waals surface area contributed by atoms with E-state index in [0.717, 1.165) is 44.9 Å². The third kappa shape index (κ3) is 28.1. The Balaban J connectivity index is 2.31. The normalized spacial score (nSPS) is 21.6. The number of hydrogen-bond donors (Lipinski definition) is 7. The zero-order chi connectivity index (χ0) is 41.8. The summed E-state index contributed by atoms with van der Waals surface area (Å²) in [6.45, 7) is 3.60. The van der Waals surface area contributed by atoms with Crippen molar-refractivity contribution in [2.75, 3.05) is 13.2 Å². The number of aliphatic hydroxyl groups is 6. The molecule has 1 aliphatic rings. The summed E-state index contributed by atoms with van der Waals surface area (Å²) in [5, 5.41) is 64.6. The molecule has 0 radical (unpaired) electrons. The van der Waals surface area contributed by atoms with Gasteiger partial charge in [-0.1, -0.05) is 212 Å². The van der Waals surface area contributed by atoms with E-state index in [4.69, 9.17) is 9.47 Å². The Morgan fingerprint density at radius 1 is 0.596 bits per heavy atom. The van der Waals surface area contributed by atoms with Crippen LogP contribution in [0.25, 0.3) is 0 Å². The number of ether oxygens (including phenoxy) is 2. The van der Waals surface area contributed by atoms with Crippen molar-refractivity contribution in [3.05, 3.63) is 12.2 Å². The van der Waals surface area contributed by atoms with Crippen molar-refractivity contribution >= 4 is 5.91 Å². The molecule has 57 heavy (non-hydrogen) atoms. The molecule has 0 spiro atoms. The van der Waals surface area contributed by atoms with E-state index < -0.39 is 61.5 Å². The fourth-order valence-corrected chi connectivity index (χ4v) is 7.75. The number of carbonyl (C=O) groups is 1. The van der Waals surface area contributed by atoms with Gasteiger partial charge in [-0.05, 0) is 19.3 Å². The molecule has 7 N–H and O–H groups in total. The van der Waals surface area contributed by atoms with Crippen molar-refractivity contribution in [1.29, 1.82) is 0 Å². The van der Waals surface area contributed by atoms with Crippen LogP contribution < -0.4 is 5.32 Å². The highest BCUT2D eigenvalue weighted by Gasteiger charge is 2.44. The quantitative estimate of drug-likeness (QED) is 0.0236. The highest BCUT2D eigenvalue weighted by molar-refractivity contribution is 5.80. The van der Waals surface area contributed by atoms with Crippen LogP contribution in [0.3, 0.4) is 0 Å². The summed E-state index contributed by atoms with van der Waals surface area (Å²) in [6.07, 6.45) is 33.1. The first kappa shape index (κ1) is 53.9. The third-order valence-corrected chi connectivity index (χ3v) is 11.7. The van der Waals surface area contributed by atoms with Gasteiger partial charge < -0.3 is 45.4 Å². The fraction of sp³-hybridized carbons (Fsp3) is 0.936. The molecule has 338 valence electrons. The Morgan fingerprint density at radius 2 is 1.00 bits per heavy atom. The van der Waals surface area contributed by atoms with E-state index in [1.54, 1.807) is 6.08 Å². The lowest BCUT2D eigenvalue weighted by molar-refractivity contribution is -0.302. The molecule has 0 bridgehead atoms. The molecule has 1 aliphatic heterocycles. The maximum Gasteiger partial charge on any atom is 0.249 e. The Hall–Kier alpha value is -1.11. The summed E-state index contributed by atoms with van der Waals surface area (Å²) >= 11 is 0. The Morgan fingerprint density at radius 3 is 1.42 bits per heavy atom. The van der Waals surface area contributed by atoms with Crippen LogP contribution in [0.1, 0.15) is 219 Å². The number of unbranched alkanes of at least 4 members (excludes halogenated alkanes) is 29. The average molecular weight is 814 g/mol. The second kappa shape index (κ2) is 37.9. The van der Waals surface area contributed by atoms with Gasteiger partial charge in [0.15, 0.2) is 6.29 Å². The minimum absolute atomic E-state index is 0.302. The van der Waals surface area contributed by atoms with E-state index in [1.165, 1.54) is 154 Å². The summed E-state index contributed by atoms with van der Waals surface area (Å²) in [5.74, 6) is -0.614. The second-order valence-electron chi connectivity index (χ2n) is 17.1. The molecule has 1 saturated heterocycles. The van der Waals surface area contributed by atoms with E-state index in [-0.39, 0.29) is 6.61 Å². The van der Waals surface area contributed by atoms with Gasteiger partial charge in [-0.25, -0.2) is 0 Å². The third-order valence-electron chi connectivity index (χ3n) is 11.7. The lowest BCUT2D eigenvalue weighted by atomic mass is 9.99. The minimum atomic E-state index is -1.61. The maximum atomic E-state index is 13.0. The summed E-state index contributed by atoms with van der Waals surface area (Å²) in [6, 6.07) is -0.974. The maximum absolute atomic E-state index is 13.0. The van der Waals surface area contributed by atoms with Gasteiger partial charge >= 0.3 is 0 Å². The van der Waals surface area contributed by atoms with Crippen molar-refractivity contribution in [2.45, 2.75) is 268 Å². The fourth-order valence-electron chi connectivity index (χ4n) is 7.75. The molecular formula is C47H91NO9. The number of nitrogens with one attached hydrogen (secondary N) is 1. The van der Waals surface area contributed by atoms with E-state index in [1.807, 2.05) is 6.08 Å². The van der Waals surface area contributed by atoms with Crippen molar-refractivity contribution in [1.82, 2.24) is 5.32 Å². The van der Waals surface area contributed by atoms with Gasteiger partial charge in [0, 0.05) is 0 Å². The van der Waals surface area contributed by atoms with Crippen LogP contribution in [-0.2, 0) is 14.3 Å².